The van der Waals surface area contributed by atoms with Crippen LogP contribution in [0.25, 0.3) is 0 Å². The minimum atomic E-state index is 0.547. The Morgan fingerprint density at radius 1 is 1.17 bits per heavy atom. The molecule has 4 rings (SSSR count). The molecular weight excluding hydrogens is 354 g/mol. The molecule has 1 aromatic carbocycles. The van der Waals surface area contributed by atoms with E-state index in [0.717, 1.165) is 39.6 Å². The molecule has 0 aliphatic carbocycles. The molecule has 0 amide bonds. The van der Waals surface area contributed by atoms with Crippen molar-refractivity contribution in [3.63, 3.8) is 0 Å². The van der Waals surface area contributed by atoms with Gasteiger partial charge in [-0.25, -0.2) is 0 Å². The number of ether oxygens (including phenoxy) is 2. The lowest BCUT2D eigenvalue weighted by atomic mass is 10.2. The molecule has 1 saturated heterocycles. The van der Waals surface area contributed by atoms with Gasteiger partial charge >= 0.3 is 0 Å². The zero-order valence-electron chi connectivity index (χ0n) is 12.5. The Morgan fingerprint density at radius 2 is 2.00 bits per heavy atom. The molecule has 0 N–H and O–H groups in total. The van der Waals surface area contributed by atoms with E-state index in [-0.39, 0.29) is 0 Å². The maximum absolute atomic E-state index is 6.27. The highest BCUT2D eigenvalue weighted by Crippen LogP contribution is 2.40. The second kappa shape index (κ2) is 6.75. The number of halogens is 1. The first-order chi connectivity index (χ1) is 11.3. The minimum Gasteiger partial charge on any atom is -0.486 e. The first-order valence-electron chi connectivity index (χ1n) is 7.59. The number of benzene rings is 1. The maximum atomic E-state index is 6.27. The number of anilines is 1. The highest BCUT2D eigenvalue weighted by atomic mass is 35.5. The van der Waals surface area contributed by atoms with Crippen LogP contribution in [0, 0.1) is 0 Å². The first kappa shape index (κ1) is 15.4. The molecule has 2 aliphatic heterocycles. The van der Waals surface area contributed by atoms with E-state index in [1.807, 2.05) is 12.1 Å². The van der Waals surface area contributed by atoms with Crippen LogP contribution in [0.5, 0.6) is 11.5 Å². The molecule has 0 saturated carbocycles. The van der Waals surface area contributed by atoms with Crippen molar-refractivity contribution in [2.24, 2.45) is 0 Å². The van der Waals surface area contributed by atoms with E-state index in [1.165, 1.54) is 12.8 Å². The monoisotopic (exact) mass is 369 g/mol. The Hall–Kier alpha value is -1.18. The van der Waals surface area contributed by atoms with Crippen LogP contribution < -0.4 is 14.4 Å². The Morgan fingerprint density at radius 3 is 2.87 bits per heavy atom. The van der Waals surface area contributed by atoms with Gasteiger partial charge in [-0.15, -0.1) is 10.2 Å². The molecule has 2 aromatic rings. The molecule has 0 spiro atoms. The average Bonchev–Trinajstić information content (AvgIpc) is 3.24. The summed E-state index contributed by atoms with van der Waals surface area (Å²) in [6.45, 7) is 3.30. The number of hydrogen-bond acceptors (Lipinski definition) is 7. The van der Waals surface area contributed by atoms with Gasteiger partial charge in [0.1, 0.15) is 13.2 Å². The van der Waals surface area contributed by atoms with Gasteiger partial charge in [-0.2, -0.15) is 0 Å². The Labute approximate surface area is 147 Å². The minimum absolute atomic E-state index is 0.547. The summed E-state index contributed by atoms with van der Waals surface area (Å²) in [5.41, 5.74) is 1.10. The van der Waals surface area contributed by atoms with Gasteiger partial charge in [-0.3, -0.25) is 0 Å². The first-order valence-corrected chi connectivity index (χ1v) is 9.77. The molecular formula is C15H16ClN3O2S2. The van der Waals surface area contributed by atoms with Gasteiger partial charge in [0.25, 0.3) is 0 Å². The lowest BCUT2D eigenvalue weighted by molar-refractivity contribution is 0.171. The molecule has 3 heterocycles. The quantitative estimate of drug-likeness (QED) is 0.763. The van der Waals surface area contributed by atoms with Gasteiger partial charge in [-0.1, -0.05) is 34.7 Å². The maximum Gasteiger partial charge on any atom is 0.209 e. The van der Waals surface area contributed by atoms with Crippen LogP contribution in [0.2, 0.25) is 5.02 Å². The van der Waals surface area contributed by atoms with Gasteiger partial charge in [0.15, 0.2) is 15.8 Å². The molecule has 2 aliphatic rings. The second-order valence-electron chi connectivity index (χ2n) is 5.44. The third-order valence-corrected chi connectivity index (χ3v) is 6.26. The highest BCUT2D eigenvalue weighted by molar-refractivity contribution is 8.00. The normalized spacial score (nSPS) is 16.8. The highest BCUT2D eigenvalue weighted by Gasteiger charge is 2.18. The lowest BCUT2D eigenvalue weighted by Crippen LogP contribution is -2.17. The van der Waals surface area contributed by atoms with E-state index in [9.17, 15) is 0 Å². The molecule has 0 radical (unpaired) electrons. The molecule has 122 valence electrons. The summed E-state index contributed by atoms with van der Waals surface area (Å²) < 4.78 is 12.1. The van der Waals surface area contributed by atoms with E-state index in [2.05, 4.69) is 15.1 Å². The average molecular weight is 370 g/mol. The van der Waals surface area contributed by atoms with Gasteiger partial charge in [0.05, 0.1) is 5.02 Å². The van der Waals surface area contributed by atoms with E-state index in [4.69, 9.17) is 21.1 Å². The molecule has 0 atom stereocenters. The van der Waals surface area contributed by atoms with Crippen molar-refractivity contribution < 1.29 is 9.47 Å². The fourth-order valence-electron chi connectivity index (χ4n) is 2.69. The summed E-state index contributed by atoms with van der Waals surface area (Å²) in [7, 11) is 0. The van der Waals surface area contributed by atoms with Crippen LogP contribution >= 0.6 is 34.7 Å². The molecule has 1 fully saturated rings. The predicted octanol–water partition coefficient (Wildman–Crippen LogP) is 3.86. The van der Waals surface area contributed by atoms with Crippen molar-refractivity contribution in [2.45, 2.75) is 22.9 Å². The van der Waals surface area contributed by atoms with Crippen molar-refractivity contribution in [3.05, 3.63) is 22.7 Å². The van der Waals surface area contributed by atoms with Crippen LogP contribution in [0.4, 0.5) is 5.13 Å². The van der Waals surface area contributed by atoms with Crippen molar-refractivity contribution in [3.8, 4) is 11.5 Å². The molecule has 0 bridgehead atoms. The van der Waals surface area contributed by atoms with Crippen LogP contribution in [-0.4, -0.2) is 36.5 Å². The third kappa shape index (κ3) is 3.36. The van der Waals surface area contributed by atoms with Gasteiger partial charge in [-0.05, 0) is 30.5 Å². The zero-order chi connectivity index (χ0) is 15.6. The predicted molar refractivity (Wildman–Crippen MR) is 93.4 cm³/mol. The van der Waals surface area contributed by atoms with Crippen LogP contribution in [0.1, 0.15) is 18.4 Å². The van der Waals surface area contributed by atoms with Crippen molar-refractivity contribution in [2.75, 3.05) is 31.2 Å². The van der Waals surface area contributed by atoms with Gasteiger partial charge in [0.2, 0.25) is 5.13 Å². The number of rotatable bonds is 4. The molecule has 8 heteroatoms. The molecule has 1 aromatic heterocycles. The number of fused-ring (bicyclic) bond motifs is 1. The van der Waals surface area contributed by atoms with E-state index in [0.29, 0.717) is 24.0 Å². The fraction of sp³-hybridized carbons (Fsp3) is 0.467. The van der Waals surface area contributed by atoms with Crippen molar-refractivity contribution in [1.82, 2.24) is 10.2 Å². The summed E-state index contributed by atoms with van der Waals surface area (Å²) in [5, 5.41) is 10.2. The SMILES string of the molecule is Clc1cc(CSc2nnc(N3CCCC3)s2)cc2c1OCCO2. The summed E-state index contributed by atoms with van der Waals surface area (Å²) in [6.07, 6.45) is 2.50. The Bertz CT molecular complexity index is 704. The largest absolute Gasteiger partial charge is 0.486 e. The number of aromatic nitrogens is 2. The van der Waals surface area contributed by atoms with E-state index in [1.54, 1.807) is 23.1 Å². The van der Waals surface area contributed by atoms with Gasteiger partial charge in [0, 0.05) is 18.8 Å². The molecule has 5 nitrogen and oxygen atoms in total. The fourth-order valence-corrected chi connectivity index (χ4v) is 4.80. The van der Waals surface area contributed by atoms with Crippen LogP contribution in [0.15, 0.2) is 16.5 Å². The van der Waals surface area contributed by atoms with E-state index < -0.39 is 0 Å². The molecule has 23 heavy (non-hydrogen) atoms. The standard InChI is InChI=1S/C15H16ClN3O2S2/c16-11-7-10(8-12-13(11)21-6-5-20-12)9-22-15-18-17-14(23-15)19-3-1-2-4-19/h7-8H,1-6,9H2. The second-order valence-corrected chi connectivity index (χ2v) is 8.02. The Balaban J connectivity index is 1.43. The van der Waals surface area contributed by atoms with Crippen molar-refractivity contribution in [1.29, 1.82) is 0 Å². The topological polar surface area (TPSA) is 47.5 Å². The summed E-state index contributed by atoms with van der Waals surface area (Å²) in [6, 6.07) is 3.93. The Kier molecular flexibility index (Phi) is 4.50. The van der Waals surface area contributed by atoms with Crippen molar-refractivity contribution >= 4 is 39.8 Å². The number of nitrogens with zero attached hydrogens (tertiary/aromatic N) is 3. The lowest BCUT2D eigenvalue weighted by Gasteiger charge is -2.20. The van der Waals surface area contributed by atoms with Crippen LogP contribution in [-0.2, 0) is 5.75 Å². The number of hydrogen-bond donors (Lipinski definition) is 0. The third-order valence-electron chi connectivity index (χ3n) is 3.79. The van der Waals surface area contributed by atoms with Gasteiger partial charge < -0.3 is 14.4 Å². The zero-order valence-corrected chi connectivity index (χ0v) is 14.8. The van der Waals surface area contributed by atoms with Crippen LogP contribution in [0.3, 0.4) is 0 Å². The summed E-state index contributed by atoms with van der Waals surface area (Å²) in [5.74, 6) is 2.17. The summed E-state index contributed by atoms with van der Waals surface area (Å²) >= 11 is 9.61. The smallest absolute Gasteiger partial charge is 0.209 e. The number of thioether (sulfide) groups is 1. The van der Waals surface area contributed by atoms with E-state index >= 15 is 0 Å². The summed E-state index contributed by atoms with van der Waals surface area (Å²) in [4.78, 5) is 2.31. The molecule has 0 unspecified atom stereocenters.